The summed E-state index contributed by atoms with van der Waals surface area (Å²) in [5.41, 5.74) is 0.996. The van der Waals surface area contributed by atoms with Gasteiger partial charge in [-0.2, -0.15) is 0 Å². The Kier molecular flexibility index (Phi) is 3.85. The van der Waals surface area contributed by atoms with Crippen LogP contribution in [0.5, 0.6) is 0 Å². The molecular formula is C15H22N4O. The second kappa shape index (κ2) is 5.77. The lowest BCUT2D eigenvalue weighted by Crippen LogP contribution is -2.47. The molecule has 3 rings (SSSR count). The lowest BCUT2D eigenvalue weighted by atomic mass is 9.84. The minimum atomic E-state index is 0.265. The Morgan fingerprint density at radius 3 is 2.65 bits per heavy atom. The second-order valence-electron chi connectivity index (χ2n) is 5.90. The molecule has 1 aromatic heterocycles. The van der Waals surface area contributed by atoms with Crippen LogP contribution in [0.15, 0.2) is 12.3 Å². The zero-order valence-corrected chi connectivity index (χ0v) is 12.0. The third-order valence-electron chi connectivity index (χ3n) is 4.38. The summed E-state index contributed by atoms with van der Waals surface area (Å²) in [5.74, 6) is 1.36. The van der Waals surface area contributed by atoms with Crippen LogP contribution in [0.4, 0.5) is 5.95 Å². The highest BCUT2D eigenvalue weighted by atomic mass is 16.2. The van der Waals surface area contributed by atoms with Crippen molar-refractivity contribution < 1.29 is 4.79 Å². The van der Waals surface area contributed by atoms with Gasteiger partial charge < -0.3 is 10.2 Å². The zero-order chi connectivity index (χ0) is 13.9. The van der Waals surface area contributed by atoms with Gasteiger partial charge in [-0.25, -0.2) is 9.97 Å². The summed E-state index contributed by atoms with van der Waals surface area (Å²) >= 11 is 0. The van der Waals surface area contributed by atoms with E-state index in [1.165, 1.54) is 6.42 Å². The molecule has 5 nitrogen and oxygen atoms in total. The Balaban J connectivity index is 1.50. The molecule has 5 heteroatoms. The van der Waals surface area contributed by atoms with E-state index >= 15 is 0 Å². The summed E-state index contributed by atoms with van der Waals surface area (Å²) in [6.07, 6.45) is 7.12. The lowest BCUT2D eigenvalue weighted by Gasteiger charge is -2.34. The monoisotopic (exact) mass is 274 g/mol. The Hall–Kier alpha value is -1.65. The van der Waals surface area contributed by atoms with Crippen molar-refractivity contribution >= 4 is 11.9 Å². The Morgan fingerprint density at radius 1 is 1.30 bits per heavy atom. The number of aromatic nitrogens is 2. The minimum Gasteiger partial charge on any atom is -0.353 e. The molecular weight excluding hydrogens is 252 g/mol. The number of hydrogen-bond acceptors (Lipinski definition) is 4. The molecule has 1 aliphatic carbocycles. The summed E-state index contributed by atoms with van der Waals surface area (Å²) in [6, 6.07) is 2.24. The van der Waals surface area contributed by atoms with E-state index in [9.17, 15) is 4.79 Å². The van der Waals surface area contributed by atoms with Crippen LogP contribution in [0.2, 0.25) is 0 Å². The molecule has 108 valence electrons. The quantitative estimate of drug-likeness (QED) is 0.911. The molecule has 2 fully saturated rings. The Bertz CT molecular complexity index is 479. The standard InChI is InChI=1S/C15H22N4O/c1-11-5-8-16-15(17-11)19-9-6-13(7-10-19)18-14(20)12-3-2-4-12/h5,8,12-13H,2-4,6-7,9-10H2,1H3,(H,18,20). The predicted molar refractivity (Wildman–Crippen MR) is 77.5 cm³/mol. The van der Waals surface area contributed by atoms with Crippen LogP contribution in [0.3, 0.4) is 0 Å². The molecule has 1 aromatic rings. The molecule has 1 aliphatic heterocycles. The van der Waals surface area contributed by atoms with Crippen molar-refractivity contribution in [2.24, 2.45) is 5.92 Å². The summed E-state index contributed by atoms with van der Waals surface area (Å²) in [7, 11) is 0. The van der Waals surface area contributed by atoms with Gasteiger partial charge in [0.25, 0.3) is 0 Å². The topological polar surface area (TPSA) is 58.1 Å². The summed E-state index contributed by atoms with van der Waals surface area (Å²) in [6.45, 7) is 3.81. The molecule has 1 saturated carbocycles. The van der Waals surface area contributed by atoms with Gasteiger partial charge >= 0.3 is 0 Å². The van der Waals surface area contributed by atoms with Gasteiger partial charge in [-0.3, -0.25) is 4.79 Å². The third kappa shape index (κ3) is 2.92. The summed E-state index contributed by atoms with van der Waals surface area (Å²) in [4.78, 5) is 22.9. The molecule has 1 N–H and O–H groups in total. The highest BCUT2D eigenvalue weighted by Gasteiger charge is 2.28. The van der Waals surface area contributed by atoms with Crippen LogP contribution in [0.1, 0.15) is 37.8 Å². The van der Waals surface area contributed by atoms with Crippen molar-refractivity contribution in [2.75, 3.05) is 18.0 Å². The molecule has 20 heavy (non-hydrogen) atoms. The molecule has 2 heterocycles. The Labute approximate surface area is 119 Å². The highest BCUT2D eigenvalue weighted by molar-refractivity contribution is 5.79. The number of nitrogens with zero attached hydrogens (tertiary/aromatic N) is 3. The molecule has 2 aliphatic rings. The summed E-state index contributed by atoms with van der Waals surface area (Å²) < 4.78 is 0. The molecule has 0 aromatic carbocycles. The van der Waals surface area contributed by atoms with E-state index in [2.05, 4.69) is 20.2 Å². The van der Waals surface area contributed by atoms with Crippen molar-refractivity contribution in [3.8, 4) is 0 Å². The highest BCUT2D eigenvalue weighted by Crippen LogP contribution is 2.27. The van der Waals surface area contributed by atoms with Crippen molar-refractivity contribution in [2.45, 2.75) is 45.1 Å². The zero-order valence-electron chi connectivity index (χ0n) is 12.0. The van der Waals surface area contributed by atoms with Crippen molar-refractivity contribution in [1.82, 2.24) is 15.3 Å². The maximum atomic E-state index is 11.9. The number of nitrogens with one attached hydrogen (secondary N) is 1. The Morgan fingerprint density at radius 2 is 2.05 bits per heavy atom. The van der Waals surface area contributed by atoms with Gasteiger partial charge in [0.1, 0.15) is 0 Å². The molecule has 0 unspecified atom stereocenters. The van der Waals surface area contributed by atoms with E-state index in [1.807, 2.05) is 19.2 Å². The fraction of sp³-hybridized carbons (Fsp3) is 0.667. The van der Waals surface area contributed by atoms with Crippen LogP contribution in [-0.2, 0) is 4.79 Å². The van der Waals surface area contributed by atoms with Crippen LogP contribution in [-0.4, -0.2) is 35.0 Å². The fourth-order valence-corrected chi connectivity index (χ4v) is 2.80. The minimum absolute atomic E-state index is 0.265. The lowest BCUT2D eigenvalue weighted by molar-refractivity contribution is -0.128. The first-order valence-electron chi connectivity index (χ1n) is 7.57. The number of aryl methyl sites for hydroxylation is 1. The molecule has 0 radical (unpaired) electrons. The van der Waals surface area contributed by atoms with E-state index in [1.54, 1.807) is 0 Å². The number of carbonyl (C=O) groups is 1. The average Bonchev–Trinajstić information content (AvgIpc) is 2.37. The first kappa shape index (κ1) is 13.3. The van der Waals surface area contributed by atoms with E-state index in [0.717, 1.165) is 50.4 Å². The largest absolute Gasteiger partial charge is 0.353 e. The molecule has 0 atom stereocenters. The molecule has 1 amide bonds. The fourth-order valence-electron chi connectivity index (χ4n) is 2.80. The number of piperidine rings is 1. The van der Waals surface area contributed by atoms with Crippen LogP contribution < -0.4 is 10.2 Å². The maximum Gasteiger partial charge on any atom is 0.225 e. The number of amides is 1. The van der Waals surface area contributed by atoms with Gasteiger partial charge in [-0.1, -0.05) is 6.42 Å². The van der Waals surface area contributed by atoms with Crippen LogP contribution in [0.25, 0.3) is 0 Å². The normalized spacial score (nSPS) is 20.6. The predicted octanol–water partition coefficient (Wildman–Crippen LogP) is 1.67. The second-order valence-corrected chi connectivity index (χ2v) is 5.90. The third-order valence-corrected chi connectivity index (χ3v) is 4.38. The molecule has 0 bridgehead atoms. The van der Waals surface area contributed by atoms with Crippen LogP contribution >= 0.6 is 0 Å². The van der Waals surface area contributed by atoms with Crippen molar-refractivity contribution in [3.05, 3.63) is 18.0 Å². The maximum absolute atomic E-state index is 11.9. The smallest absolute Gasteiger partial charge is 0.225 e. The van der Waals surface area contributed by atoms with Crippen molar-refractivity contribution in [1.29, 1.82) is 0 Å². The SMILES string of the molecule is Cc1ccnc(N2CCC(NC(=O)C3CCC3)CC2)n1. The van der Waals surface area contributed by atoms with Gasteiger partial charge in [0.15, 0.2) is 0 Å². The number of rotatable bonds is 3. The van der Waals surface area contributed by atoms with Gasteiger partial charge in [0.05, 0.1) is 0 Å². The van der Waals surface area contributed by atoms with Gasteiger partial charge in [-0.15, -0.1) is 0 Å². The van der Waals surface area contributed by atoms with E-state index in [0.29, 0.717) is 6.04 Å². The molecule has 0 spiro atoms. The first-order chi connectivity index (χ1) is 9.72. The van der Waals surface area contributed by atoms with Crippen molar-refractivity contribution in [3.63, 3.8) is 0 Å². The van der Waals surface area contributed by atoms with Gasteiger partial charge in [-0.05, 0) is 38.7 Å². The van der Waals surface area contributed by atoms with Crippen LogP contribution in [0, 0.1) is 12.8 Å². The van der Waals surface area contributed by atoms with Gasteiger partial charge in [0.2, 0.25) is 11.9 Å². The van der Waals surface area contributed by atoms with E-state index in [-0.39, 0.29) is 11.8 Å². The molecule has 1 saturated heterocycles. The number of anilines is 1. The first-order valence-corrected chi connectivity index (χ1v) is 7.57. The van der Waals surface area contributed by atoms with E-state index in [4.69, 9.17) is 0 Å². The summed E-state index contributed by atoms with van der Waals surface area (Å²) in [5, 5.41) is 3.20. The number of carbonyl (C=O) groups excluding carboxylic acids is 1. The van der Waals surface area contributed by atoms with E-state index < -0.39 is 0 Å². The number of hydrogen-bond donors (Lipinski definition) is 1. The van der Waals surface area contributed by atoms with Gasteiger partial charge in [0, 0.05) is 36.9 Å². The average molecular weight is 274 g/mol.